The van der Waals surface area contributed by atoms with Gasteiger partial charge in [-0.2, -0.15) is 11.8 Å². The summed E-state index contributed by atoms with van der Waals surface area (Å²) in [6, 6.07) is 7.03. The predicted molar refractivity (Wildman–Crippen MR) is 93.6 cm³/mol. The lowest BCUT2D eigenvalue weighted by Crippen LogP contribution is -2.47. The Balaban J connectivity index is 2.20. The van der Waals surface area contributed by atoms with Crippen LogP contribution in [0.4, 0.5) is 0 Å². The molecule has 3 heteroatoms. The largest absolute Gasteiger partial charge is 0.496 e. The van der Waals surface area contributed by atoms with Crippen LogP contribution in [0, 0.1) is 6.92 Å². The summed E-state index contributed by atoms with van der Waals surface area (Å²) < 4.78 is 5.92. The third-order valence-electron chi connectivity index (χ3n) is 4.49. The molecule has 2 unspecified atom stereocenters. The molecule has 0 saturated carbocycles. The van der Waals surface area contributed by atoms with Crippen molar-refractivity contribution in [1.82, 2.24) is 5.32 Å². The molecule has 0 radical (unpaired) electrons. The number of benzene rings is 1. The van der Waals surface area contributed by atoms with Gasteiger partial charge in [0, 0.05) is 10.8 Å². The highest BCUT2D eigenvalue weighted by Crippen LogP contribution is 2.42. The van der Waals surface area contributed by atoms with Crippen molar-refractivity contribution in [3.63, 3.8) is 0 Å². The Morgan fingerprint density at radius 1 is 1.43 bits per heavy atom. The first-order valence-electron chi connectivity index (χ1n) is 8.10. The molecule has 0 bridgehead atoms. The van der Waals surface area contributed by atoms with E-state index < -0.39 is 0 Å². The summed E-state index contributed by atoms with van der Waals surface area (Å²) >= 11 is 2.14. The fraction of sp³-hybridized carbons (Fsp3) is 0.667. The molecule has 0 aliphatic carbocycles. The van der Waals surface area contributed by atoms with Gasteiger partial charge in [-0.05, 0) is 63.5 Å². The SMILES string of the molecule is CCCNC(Cc1cc(C)ccc1OC)C1(C)CCCS1. The molecule has 0 spiro atoms. The summed E-state index contributed by atoms with van der Waals surface area (Å²) in [6.45, 7) is 7.92. The molecule has 1 heterocycles. The van der Waals surface area contributed by atoms with Crippen molar-refractivity contribution in [3.8, 4) is 5.75 Å². The summed E-state index contributed by atoms with van der Waals surface area (Å²) in [4.78, 5) is 0. The van der Waals surface area contributed by atoms with Gasteiger partial charge in [0.15, 0.2) is 0 Å². The van der Waals surface area contributed by atoms with Crippen LogP contribution in [0.2, 0.25) is 0 Å². The Labute approximate surface area is 134 Å². The van der Waals surface area contributed by atoms with Crippen molar-refractivity contribution in [3.05, 3.63) is 29.3 Å². The van der Waals surface area contributed by atoms with Crippen molar-refractivity contribution in [1.29, 1.82) is 0 Å². The molecule has 2 nitrogen and oxygen atoms in total. The highest BCUT2D eigenvalue weighted by Gasteiger charge is 2.37. The number of methoxy groups -OCH3 is 1. The summed E-state index contributed by atoms with van der Waals surface area (Å²) in [5.74, 6) is 2.32. The minimum absolute atomic E-state index is 0.351. The molecule has 1 aliphatic heterocycles. The number of ether oxygens (including phenoxy) is 1. The van der Waals surface area contributed by atoms with Crippen LogP contribution >= 0.6 is 11.8 Å². The molecule has 1 N–H and O–H groups in total. The van der Waals surface area contributed by atoms with Gasteiger partial charge in [0.25, 0.3) is 0 Å². The van der Waals surface area contributed by atoms with E-state index in [0.29, 0.717) is 10.8 Å². The number of hydrogen-bond acceptors (Lipinski definition) is 3. The van der Waals surface area contributed by atoms with Crippen molar-refractivity contribution >= 4 is 11.8 Å². The Kier molecular flexibility index (Phi) is 6.00. The monoisotopic (exact) mass is 307 g/mol. The molecule has 1 aliphatic rings. The van der Waals surface area contributed by atoms with Gasteiger partial charge in [0.1, 0.15) is 5.75 Å². The molecule has 0 amide bonds. The fourth-order valence-electron chi connectivity index (χ4n) is 3.18. The van der Waals surface area contributed by atoms with E-state index in [-0.39, 0.29) is 0 Å². The van der Waals surface area contributed by atoms with E-state index >= 15 is 0 Å². The van der Waals surface area contributed by atoms with Crippen LogP contribution in [0.1, 0.15) is 44.2 Å². The van der Waals surface area contributed by atoms with Crippen LogP contribution in [0.25, 0.3) is 0 Å². The number of rotatable bonds is 7. The predicted octanol–water partition coefficient (Wildman–Crippen LogP) is 4.20. The zero-order valence-corrected chi connectivity index (χ0v) is 14.7. The van der Waals surface area contributed by atoms with E-state index in [9.17, 15) is 0 Å². The van der Waals surface area contributed by atoms with Gasteiger partial charge >= 0.3 is 0 Å². The molecule has 2 rings (SSSR count). The van der Waals surface area contributed by atoms with E-state index in [1.54, 1.807) is 7.11 Å². The van der Waals surface area contributed by atoms with Crippen molar-refractivity contribution < 1.29 is 4.74 Å². The van der Waals surface area contributed by atoms with Crippen LogP contribution < -0.4 is 10.1 Å². The molecule has 21 heavy (non-hydrogen) atoms. The van der Waals surface area contributed by atoms with Gasteiger partial charge in [0.05, 0.1) is 7.11 Å². The first-order valence-corrected chi connectivity index (χ1v) is 9.08. The van der Waals surface area contributed by atoms with Gasteiger partial charge in [-0.1, -0.05) is 24.6 Å². The van der Waals surface area contributed by atoms with E-state index in [1.165, 1.54) is 36.1 Å². The second-order valence-corrected chi connectivity index (χ2v) is 7.92. The normalized spacial score (nSPS) is 23.2. The second kappa shape index (κ2) is 7.55. The van der Waals surface area contributed by atoms with Crippen LogP contribution in [-0.2, 0) is 6.42 Å². The first kappa shape index (κ1) is 16.7. The maximum atomic E-state index is 5.57. The number of hydrogen-bond donors (Lipinski definition) is 1. The minimum Gasteiger partial charge on any atom is -0.496 e. The zero-order valence-electron chi connectivity index (χ0n) is 13.9. The smallest absolute Gasteiger partial charge is 0.122 e. The highest BCUT2D eigenvalue weighted by molar-refractivity contribution is 8.00. The van der Waals surface area contributed by atoms with Gasteiger partial charge in [-0.25, -0.2) is 0 Å². The topological polar surface area (TPSA) is 21.3 Å². The quantitative estimate of drug-likeness (QED) is 0.816. The maximum Gasteiger partial charge on any atom is 0.122 e. The molecular weight excluding hydrogens is 278 g/mol. The first-order chi connectivity index (χ1) is 10.1. The lowest BCUT2D eigenvalue weighted by Gasteiger charge is -2.34. The number of aryl methyl sites for hydroxylation is 1. The molecular formula is C18H29NOS. The summed E-state index contributed by atoms with van der Waals surface area (Å²) in [5.41, 5.74) is 2.64. The van der Waals surface area contributed by atoms with Crippen LogP contribution in [-0.4, -0.2) is 30.2 Å². The van der Waals surface area contributed by atoms with Crippen molar-refractivity contribution in [2.45, 2.75) is 57.2 Å². The standard InChI is InChI=1S/C18H29NOS/c1-5-10-19-17(18(3)9-6-11-21-18)13-15-12-14(2)7-8-16(15)20-4/h7-8,12,17,19H,5-6,9-11,13H2,1-4H3. The van der Waals surface area contributed by atoms with E-state index in [1.807, 2.05) is 0 Å². The number of thioether (sulfide) groups is 1. The van der Waals surface area contributed by atoms with Crippen LogP contribution in [0.5, 0.6) is 5.75 Å². The Morgan fingerprint density at radius 3 is 2.86 bits per heavy atom. The van der Waals surface area contributed by atoms with Gasteiger partial charge < -0.3 is 10.1 Å². The molecule has 0 aromatic heterocycles. The zero-order chi connectivity index (χ0) is 15.3. The third-order valence-corrected chi connectivity index (χ3v) is 6.13. The average molecular weight is 308 g/mol. The minimum atomic E-state index is 0.351. The Morgan fingerprint density at radius 2 is 2.24 bits per heavy atom. The second-order valence-electron chi connectivity index (χ2n) is 6.29. The average Bonchev–Trinajstić information content (AvgIpc) is 2.91. The van der Waals surface area contributed by atoms with Crippen molar-refractivity contribution in [2.75, 3.05) is 19.4 Å². The van der Waals surface area contributed by atoms with Crippen molar-refractivity contribution in [2.24, 2.45) is 0 Å². The molecule has 1 aromatic carbocycles. The van der Waals surface area contributed by atoms with Gasteiger partial charge in [-0.3, -0.25) is 0 Å². The molecule has 1 saturated heterocycles. The molecule has 2 atom stereocenters. The van der Waals surface area contributed by atoms with Crippen LogP contribution in [0.15, 0.2) is 18.2 Å². The van der Waals surface area contributed by atoms with E-state index in [2.05, 4.69) is 56.0 Å². The lowest BCUT2D eigenvalue weighted by atomic mass is 9.90. The van der Waals surface area contributed by atoms with Crippen LogP contribution in [0.3, 0.4) is 0 Å². The molecule has 118 valence electrons. The maximum absolute atomic E-state index is 5.57. The summed E-state index contributed by atoms with van der Waals surface area (Å²) in [7, 11) is 1.77. The Hall–Kier alpha value is -0.670. The number of nitrogens with one attached hydrogen (secondary N) is 1. The molecule has 1 aromatic rings. The van der Waals surface area contributed by atoms with Gasteiger partial charge in [-0.15, -0.1) is 0 Å². The molecule has 1 fully saturated rings. The third kappa shape index (κ3) is 4.17. The summed E-state index contributed by atoms with van der Waals surface area (Å²) in [5, 5.41) is 3.79. The van der Waals surface area contributed by atoms with Gasteiger partial charge in [0.2, 0.25) is 0 Å². The fourth-order valence-corrected chi connectivity index (χ4v) is 4.60. The van der Waals surface area contributed by atoms with E-state index in [0.717, 1.165) is 18.7 Å². The van der Waals surface area contributed by atoms with E-state index in [4.69, 9.17) is 4.74 Å². The highest BCUT2D eigenvalue weighted by atomic mass is 32.2. The lowest BCUT2D eigenvalue weighted by molar-refractivity contribution is 0.380. The Bertz CT molecular complexity index is 455. The summed E-state index contributed by atoms with van der Waals surface area (Å²) in [6.07, 6.45) is 4.89.